The van der Waals surface area contributed by atoms with Gasteiger partial charge in [0.25, 0.3) is 0 Å². The second-order valence-corrected chi connectivity index (χ2v) is 4.88. The van der Waals surface area contributed by atoms with Crippen LogP contribution < -0.4 is 10.5 Å². The second-order valence-electron chi connectivity index (χ2n) is 4.47. The van der Waals surface area contributed by atoms with E-state index in [-0.39, 0.29) is 11.9 Å². The van der Waals surface area contributed by atoms with E-state index in [0.717, 1.165) is 5.56 Å². The number of nitrogens with two attached hydrogens (primary N) is 1. The Morgan fingerprint density at radius 2 is 2.00 bits per heavy atom. The van der Waals surface area contributed by atoms with Gasteiger partial charge in [-0.25, -0.2) is 4.39 Å². The number of rotatable bonds is 4. The van der Waals surface area contributed by atoms with Crippen LogP contribution >= 0.6 is 11.6 Å². The monoisotopic (exact) mass is 279 g/mol. The second kappa shape index (κ2) is 6.04. The molecule has 0 saturated carbocycles. The molecule has 0 heterocycles. The maximum absolute atomic E-state index is 13.1. The van der Waals surface area contributed by atoms with Crippen molar-refractivity contribution < 1.29 is 9.13 Å². The Morgan fingerprint density at radius 3 is 2.68 bits per heavy atom. The average Bonchev–Trinajstić information content (AvgIpc) is 2.33. The summed E-state index contributed by atoms with van der Waals surface area (Å²) in [4.78, 5) is 0. The molecule has 2 rings (SSSR count). The van der Waals surface area contributed by atoms with Gasteiger partial charge in [-0.15, -0.1) is 0 Å². The molecule has 1 atom stereocenters. The Bertz CT molecular complexity index is 572. The lowest BCUT2D eigenvalue weighted by molar-refractivity contribution is 0.469. The summed E-state index contributed by atoms with van der Waals surface area (Å²) in [6.45, 7) is 1.91. The molecule has 2 N–H and O–H groups in total. The number of halogens is 2. The molecule has 0 saturated heterocycles. The van der Waals surface area contributed by atoms with Crippen molar-refractivity contribution in [3.05, 3.63) is 58.9 Å². The van der Waals surface area contributed by atoms with Crippen LogP contribution in [-0.4, -0.2) is 6.04 Å². The maximum Gasteiger partial charge on any atom is 0.149 e. The molecule has 2 nitrogen and oxygen atoms in total. The number of hydrogen-bond acceptors (Lipinski definition) is 2. The first kappa shape index (κ1) is 13.8. The fourth-order valence-corrected chi connectivity index (χ4v) is 2.06. The Labute approximate surface area is 117 Å². The summed E-state index contributed by atoms with van der Waals surface area (Å²) in [6, 6.07) is 11.4. The van der Waals surface area contributed by atoms with E-state index < -0.39 is 0 Å². The Hall–Kier alpha value is -1.58. The van der Waals surface area contributed by atoms with E-state index in [9.17, 15) is 4.39 Å². The van der Waals surface area contributed by atoms with Crippen LogP contribution in [0.1, 0.15) is 12.5 Å². The molecule has 0 aromatic heterocycles. The quantitative estimate of drug-likeness (QED) is 0.912. The highest BCUT2D eigenvalue weighted by Crippen LogP contribution is 2.33. The Morgan fingerprint density at radius 1 is 1.26 bits per heavy atom. The number of benzene rings is 2. The summed E-state index contributed by atoms with van der Waals surface area (Å²) in [6.07, 6.45) is 0.644. The molecule has 0 radical (unpaired) electrons. The molecule has 19 heavy (non-hydrogen) atoms. The van der Waals surface area contributed by atoms with Gasteiger partial charge in [-0.2, -0.15) is 0 Å². The lowest BCUT2D eigenvalue weighted by atomic mass is 10.1. The smallest absolute Gasteiger partial charge is 0.149 e. The highest BCUT2D eigenvalue weighted by molar-refractivity contribution is 6.32. The third-order valence-electron chi connectivity index (χ3n) is 2.61. The van der Waals surface area contributed by atoms with Crippen molar-refractivity contribution in [1.82, 2.24) is 0 Å². The zero-order chi connectivity index (χ0) is 13.8. The molecule has 0 spiro atoms. The summed E-state index contributed by atoms with van der Waals surface area (Å²) in [7, 11) is 0. The van der Waals surface area contributed by atoms with E-state index in [1.807, 2.05) is 19.1 Å². The molecule has 0 aliphatic rings. The van der Waals surface area contributed by atoms with Crippen molar-refractivity contribution in [2.75, 3.05) is 0 Å². The van der Waals surface area contributed by atoms with Crippen LogP contribution in [0.4, 0.5) is 4.39 Å². The number of para-hydroxylation sites is 1. The van der Waals surface area contributed by atoms with Gasteiger partial charge in [0.05, 0.1) is 5.02 Å². The Balaban J connectivity index is 2.33. The summed E-state index contributed by atoms with van der Waals surface area (Å²) >= 11 is 6.14. The van der Waals surface area contributed by atoms with E-state index in [4.69, 9.17) is 22.1 Å². The van der Waals surface area contributed by atoms with Crippen LogP contribution in [0.5, 0.6) is 11.5 Å². The summed E-state index contributed by atoms with van der Waals surface area (Å²) in [5.74, 6) is 0.601. The van der Waals surface area contributed by atoms with E-state index in [1.165, 1.54) is 12.1 Å². The summed E-state index contributed by atoms with van der Waals surface area (Å²) < 4.78 is 18.8. The standard InChI is InChI=1S/C15H15ClFNO/c1-10(18)8-11-4-2-7-14(16)15(11)19-13-6-3-5-12(17)9-13/h2-7,9-10H,8,18H2,1H3. The molecule has 100 valence electrons. The van der Waals surface area contributed by atoms with Crippen molar-refractivity contribution in [1.29, 1.82) is 0 Å². The molecule has 0 fully saturated rings. The van der Waals surface area contributed by atoms with Crippen LogP contribution in [0.2, 0.25) is 5.02 Å². The third kappa shape index (κ3) is 3.69. The fraction of sp³-hybridized carbons (Fsp3) is 0.200. The highest BCUT2D eigenvalue weighted by atomic mass is 35.5. The van der Waals surface area contributed by atoms with Gasteiger partial charge < -0.3 is 10.5 Å². The highest BCUT2D eigenvalue weighted by Gasteiger charge is 2.11. The van der Waals surface area contributed by atoms with Gasteiger partial charge >= 0.3 is 0 Å². The van der Waals surface area contributed by atoms with E-state index in [1.54, 1.807) is 18.2 Å². The van der Waals surface area contributed by atoms with Crippen molar-refractivity contribution in [2.24, 2.45) is 5.73 Å². The topological polar surface area (TPSA) is 35.2 Å². The molecule has 1 unspecified atom stereocenters. The first-order valence-electron chi connectivity index (χ1n) is 6.02. The zero-order valence-electron chi connectivity index (χ0n) is 10.6. The molecule has 0 aliphatic carbocycles. The fourth-order valence-electron chi connectivity index (χ4n) is 1.82. The maximum atomic E-state index is 13.1. The molecular weight excluding hydrogens is 265 g/mol. The average molecular weight is 280 g/mol. The van der Waals surface area contributed by atoms with Crippen molar-refractivity contribution >= 4 is 11.6 Å². The van der Waals surface area contributed by atoms with Gasteiger partial charge in [0.1, 0.15) is 17.3 Å². The molecule has 0 bridgehead atoms. The molecular formula is C15H15ClFNO. The minimum atomic E-state index is -0.349. The SMILES string of the molecule is CC(N)Cc1cccc(Cl)c1Oc1cccc(F)c1. The van der Waals surface area contributed by atoms with Gasteiger partial charge in [0.2, 0.25) is 0 Å². The van der Waals surface area contributed by atoms with Crippen molar-refractivity contribution in [3.8, 4) is 11.5 Å². The van der Waals surface area contributed by atoms with Gasteiger partial charge in [-0.3, -0.25) is 0 Å². The first-order valence-corrected chi connectivity index (χ1v) is 6.40. The largest absolute Gasteiger partial charge is 0.455 e. The van der Waals surface area contributed by atoms with Crippen molar-refractivity contribution in [2.45, 2.75) is 19.4 Å². The third-order valence-corrected chi connectivity index (χ3v) is 2.90. The minimum absolute atomic E-state index is 0.00618. The van der Waals surface area contributed by atoms with Crippen LogP contribution in [0.3, 0.4) is 0 Å². The number of hydrogen-bond donors (Lipinski definition) is 1. The Kier molecular flexibility index (Phi) is 4.40. The zero-order valence-corrected chi connectivity index (χ0v) is 11.3. The molecule has 2 aromatic carbocycles. The summed E-state index contributed by atoms with van der Waals surface area (Å²) in [5, 5.41) is 0.488. The summed E-state index contributed by atoms with van der Waals surface area (Å²) in [5.41, 5.74) is 6.71. The van der Waals surface area contributed by atoms with Crippen LogP contribution in [-0.2, 0) is 6.42 Å². The van der Waals surface area contributed by atoms with Gasteiger partial charge in [-0.05, 0) is 37.1 Å². The van der Waals surface area contributed by atoms with Crippen LogP contribution in [0.25, 0.3) is 0 Å². The van der Waals surface area contributed by atoms with Gasteiger partial charge in [0.15, 0.2) is 0 Å². The first-order chi connectivity index (χ1) is 9.06. The molecule has 0 amide bonds. The van der Waals surface area contributed by atoms with Crippen LogP contribution in [0, 0.1) is 5.82 Å². The molecule has 0 aliphatic heterocycles. The van der Waals surface area contributed by atoms with Crippen molar-refractivity contribution in [3.63, 3.8) is 0 Å². The van der Waals surface area contributed by atoms with Crippen LogP contribution in [0.15, 0.2) is 42.5 Å². The van der Waals surface area contributed by atoms with Gasteiger partial charge in [-0.1, -0.05) is 29.8 Å². The normalized spacial score (nSPS) is 12.2. The lowest BCUT2D eigenvalue weighted by Crippen LogP contribution is -2.18. The van der Waals surface area contributed by atoms with E-state index in [2.05, 4.69) is 0 Å². The molecule has 2 aromatic rings. The van der Waals surface area contributed by atoms with E-state index in [0.29, 0.717) is 22.9 Å². The predicted molar refractivity (Wildman–Crippen MR) is 75.3 cm³/mol. The molecule has 4 heteroatoms. The predicted octanol–water partition coefficient (Wildman–Crippen LogP) is 4.16. The minimum Gasteiger partial charge on any atom is -0.455 e. The van der Waals surface area contributed by atoms with Gasteiger partial charge in [0, 0.05) is 12.1 Å². The number of ether oxygens (including phenoxy) is 1. The van der Waals surface area contributed by atoms with E-state index >= 15 is 0 Å². The lowest BCUT2D eigenvalue weighted by Gasteiger charge is -2.14.